The zero-order valence-corrected chi connectivity index (χ0v) is 21.4. The number of hydrogen-bond donors (Lipinski definition) is 3. The number of likely N-dealkylation sites (tertiary alicyclic amines) is 1. The van der Waals surface area contributed by atoms with E-state index in [9.17, 15) is 24.9 Å². The van der Waals surface area contributed by atoms with Gasteiger partial charge in [-0.25, -0.2) is 9.59 Å². The number of piperazine rings is 1. The monoisotopic (exact) mass is 498 g/mol. The van der Waals surface area contributed by atoms with Crippen LogP contribution in [0.15, 0.2) is 60.7 Å². The van der Waals surface area contributed by atoms with Crippen LogP contribution in [0.1, 0.15) is 33.6 Å². The first-order valence-corrected chi connectivity index (χ1v) is 13.9. The third-order valence-corrected chi connectivity index (χ3v) is 12.5. The van der Waals surface area contributed by atoms with E-state index in [1.807, 2.05) is 36.4 Å². The number of carboxylic acid groups (broad SMARTS) is 2. The molecule has 9 heteroatoms. The van der Waals surface area contributed by atoms with Crippen molar-refractivity contribution in [2.45, 2.75) is 62.9 Å². The lowest BCUT2D eigenvalue weighted by atomic mass is 9.98. The van der Waals surface area contributed by atoms with Gasteiger partial charge in [-0.3, -0.25) is 9.80 Å². The molecule has 2 aromatic rings. The maximum Gasteiger partial charge on any atom is 0.407 e. The van der Waals surface area contributed by atoms with E-state index in [2.05, 4.69) is 45.0 Å². The van der Waals surface area contributed by atoms with E-state index in [-0.39, 0.29) is 24.2 Å². The molecule has 35 heavy (non-hydrogen) atoms. The number of carbonyl (C=O) groups is 2. The molecule has 2 fully saturated rings. The molecule has 2 bridgehead atoms. The van der Waals surface area contributed by atoms with Gasteiger partial charge in [0.1, 0.15) is 0 Å². The van der Waals surface area contributed by atoms with Crippen molar-refractivity contribution in [1.82, 2.24) is 9.80 Å². The Morgan fingerprint density at radius 2 is 1.51 bits per heavy atom. The number of aliphatic hydroxyl groups is 1. The topological polar surface area (TPSA) is 111 Å². The van der Waals surface area contributed by atoms with E-state index in [1.54, 1.807) is 0 Å². The van der Waals surface area contributed by atoms with Crippen LogP contribution in [0.4, 0.5) is 9.59 Å². The first kappa shape index (κ1) is 25.2. The van der Waals surface area contributed by atoms with E-state index >= 15 is 0 Å². The number of hydrogen-bond acceptors (Lipinski definition) is 4. The number of fused-ring (bicyclic) bond motifs is 2. The SMILES string of the molecule is CC(C)(C)[Si](OCC(O)[C@@H]1[C@@H]2CC[C@H](CN1C(=O)O)N2C(=O)O)(c1ccccc1)c1ccccc1. The molecule has 0 spiro atoms. The van der Waals surface area contributed by atoms with Crippen molar-refractivity contribution in [3.05, 3.63) is 60.7 Å². The van der Waals surface area contributed by atoms with Crippen LogP contribution in [0.25, 0.3) is 0 Å². The summed E-state index contributed by atoms with van der Waals surface area (Å²) in [5, 5.41) is 32.8. The first-order valence-electron chi connectivity index (χ1n) is 12.0. The Kier molecular flexibility index (Phi) is 6.94. The maximum atomic E-state index is 12.1. The van der Waals surface area contributed by atoms with Gasteiger partial charge in [-0.1, -0.05) is 81.4 Å². The predicted octanol–water partition coefficient (Wildman–Crippen LogP) is 2.80. The van der Waals surface area contributed by atoms with Gasteiger partial charge in [0.2, 0.25) is 0 Å². The standard InChI is InChI=1S/C26H34N2O6Si/c1-26(2,3)35(19-10-6-4-7-11-19,20-12-8-5-9-13-20)34-17-22(29)23-21-15-14-18(28(21)25(32)33)16-27(23)24(30)31/h4-13,18,21-23,29H,14-17H2,1-3H3,(H,30,31)(H,32,33)/t18-,21+,22?,23+/m1/s1. The molecule has 4 rings (SSSR count). The van der Waals surface area contributed by atoms with Gasteiger partial charge in [0, 0.05) is 6.54 Å². The highest BCUT2D eigenvalue weighted by Crippen LogP contribution is 2.39. The second-order valence-electron chi connectivity index (χ2n) is 10.5. The summed E-state index contributed by atoms with van der Waals surface area (Å²) in [7, 11) is -2.94. The molecule has 8 nitrogen and oxygen atoms in total. The maximum absolute atomic E-state index is 12.1. The Balaban J connectivity index is 1.71. The van der Waals surface area contributed by atoms with Crippen LogP contribution in [0.3, 0.4) is 0 Å². The van der Waals surface area contributed by atoms with E-state index in [1.165, 1.54) is 9.80 Å². The summed E-state index contributed by atoms with van der Waals surface area (Å²) in [6, 6.07) is 18.1. The lowest BCUT2D eigenvalue weighted by Crippen LogP contribution is -2.69. The molecule has 2 heterocycles. The predicted molar refractivity (Wildman–Crippen MR) is 135 cm³/mol. The number of rotatable bonds is 6. The number of nitrogens with zero attached hydrogens (tertiary/aromatic N) is 2. The van der Waals surface area contributed by atoms with Gasteiger partial charge in [0.15, 0.2) is 0 Å². The number of amides is 2. The van der Waals surface area contributed by atoms with Gasteiger partial charge in [-0.05, 0) is 28.3 Å². The molecule has 2 saturated heterocycles. The summed E-state index contributed by atoms with van der Waals surface area (Å²) in [6.45, 7) is 6.34. The third-order valence-electron chi connectivity index (χ3n) is 7.46. The van der Waals surface area contributed by atoms with Crippen LogP contribution in [0.5, 0.6) is 0 Å². The lowest BCUT2D eigenvalue weighted by molar-refractivity contribution is -0.0426. The molecule has 2 aliphatic heterocycles. The highest BCUT2D eigenvalue weighted by molar-refractivity contribution is 6.99. The van der Waals surface area contributed by atoms with Gasteiger partial charge in [-0.2, -0.15) is 0 Å². The summed E-state index contributed by atoms with van der Waals surface area (Å²) in [6.07, 6.45) is -2.31. The minimum atomic E-state index is -2.94. The van der Waals surface area contributed by atoms with E-state index < -0.39 is 38.7 Å². The molecule has 2 aliphatic rings. The van der Waals surface area contributed by atoms with Crippen LogP contribution in [0.2, 0.25) is 5.04 Å². The second-order valence-corrected chi connectivity index (χ2v) is 14.8. The van der Waals surface area contributed by atoms with Crippen molar-refractivity contribution < 1.29 is 29.3 Å². The van der Waals surface area contributed by atoms with Gasteiger partial charge in [0.05, 0.1) is 30.8 Å². The van der Waals surface area contributed by atoms with Crippen LogP contribution in [-0.4, -0.2) is 83.0 Å². The Morgan fingerprint density at radius 3 is 1.97 bits per heavy atom. The lowest BCUT2D eigenvalue weighted by Gasteiger charge is -2.47. The van der Waals surface area contributed by atoms with E-state index in [0.717, 1.165) is 10.4 Å². The number of benzene rings is 2. The van der Waals surface area contributed by atoms with Crippen molar-refractivity contribution in [2.24, 2.45) is 0 Å². The summed E-state index contributed by atoms with van der Waals surface area (Å²) in [5.41, 5.74) is 0. The Bertz CT molecular complexity index is 1010. The zero-order valence-electron chi connectivity index (χ0n) is 20.4. The second kappa shape index (κ2) is 9.64. The van der Waals surface area contributed by atoms with Crippen molar-refractivity contribution in [2.75, 3.05) is 13.2 Å². The quantitative estimate of drug-likeness (QED) is 0.529. The average molecular weight is 499 g/mol. The summed E-state index contributed by atoms with van der Waals surface area (Å²) >= 11 is 0. The summed E-state index contributed by atoms with van der Waals surface area (Å²) < 4.78 is 6.81. The third kappa shape index (κ3) is 4.44. The van der Waals surface area contributed by atoms with Crippen LogP contribution in [0, 0.1) is 0 Å². The minimum absolute atomic E-state index is 0.0546. The Hall–Kier alpha value is -2.88. The van der Waals surface area contributed by atoms with Crippen molar-refractivity contribution >= 4 is 30.9 Å². The molecular formula is C26H34N2O6Si. The van der Waals surface area contributed by atoms with Crippen molar-refractivity contribution in [1.29, 1.82) is 0 Å². The van der Waals surface area contributed by atoms with E-state index in [0.29, 0.717) is 12.8 Å². The van der Waals surface area contributed by atoms with Crippen LogP contribution < -0.4 is 10.4 Å². The molecule has 4 atom stereocenters. The van der Waals surface area contributed by atoms with Crippen LogP contribution in [-0.2, 0) is 4.43 Å². The largest absolute Gasteiger partial charge is 0.465 e. The highest BCUT2D eigenvalue weighted by atomic mass is 28.4. The fourth-order valence-corrected chi connectivity index (χ4v) is 10.6. The first-order chi connectivity index (χ1) is 16.6. The molecule has 188 valence electrons. The molecule has 1 unspecified atom stereocenters. The van der Waals surface area contributed by atoms with Crippen LogP contribution >= 0.6 is 0 Å². The minimum Gasteiger partial charge on any atom is -0.465 e. The molecule has 0 saturated carbocycles. The van der Waals surface area contributed by atoms with Crippen molar-refractivity contribution in [3.8, 4) is 0 Å². The fraction of sp³-hybridized carbons (Fsp3) is 0.462. The van der Waals surface area contributed by atoms with E-state index in [4.69, 9.17) is 4.43 Å². The Labute approximate surface area is 206 Å². The molecule has 0 aromatic heterocycles. The Morgan fingerprint density at radius 1 is 0.971 bits per heavy atom. The summed E-state index contributed by atoms with van der Waals surface area (Å²) in [4.78, 5) is 26.6. The molecule has 2 amide bonds. The normalized spacial score (nSPS) is 23.3. The molecule has 3 N–H and O–H groups in total. The average Bonchev–Trinajstić information content (AvgIpc) is 3.13. The fourth-order valence-electron chi connectivity index (χ4n) is 6.02. The smallest absolute Gasteiger partial charge is 0.407 e. The summed E-state index contributed by atoms with van der Waals surface area (Å²) in [5.74, 6) is 0. The molecule has 0 aliphatic carbocycles. The molecule has 2 aromatic carbocycles. The van der Waals surface area contributed by atoms with Gasteiger partial charge in [-0.15, -0.1) is 0 Å². The van der Waals surface area contributed by atoms with Gasteiger partial charge < -0.3 is 19.7 Å². The van der Waals surface area contributed by atoms with Gasteiger partial charge >= 0.3 is 12.2 Å². The number of aliphatic hydroxyl groups excluding tert-OH is 1. The van der Waals surface area contributed by atoms with Gasteiger partial charge in [0.25, 0.3) is 8.32 Å². The molecular weight excluding hydrogens is 464 g/mol. The van der Waals surface area contributed by atoms with Crippen molar-refractivity contribution in [3.63, 3.8) is 0 Å². The molecule has 0 radical (unpaired) electrons. The zero-order chi connectivity index (χ0) is 25.4. The highest BCUT2D eigenvalue weighted by Gasteiger charge is 2.54.